The third kappa shape index (κ3) is 4.10. The van der Waals surface area contributed by atoms with Crippen LogP contribution in [0.2, 0.25) is 0 Å². The van der Waals surface area contributed by atoms with E-state index in [4.69, 9.17) is 4.74 Å². The minimum Gasteiger partial charge on any atom is -0.457 e. The number of carbonyl (C=O) groups excluding carboxylic acids is 1. The predicted molar refractivity (Wildman–Crippen MR) is 88.3 cm³/mol. The molecule has 1 fully saturated rings. The number of ether oxygens (including phenoxy) is 1. The smallest absolute Gasteiger partial charge is 0.306 e. The topological polar surface area (TPSA) is 60.4 Å². The van der Waals surface area contributed by atoms with Crippen molar-refractivity contribution in [3.05, 3.63) is 28.2 Å². The van der Waals surface area contributed by atoms with E-state index < -0.39 is 9.84 Å². The van der Waals surface area contributed by atoms with Crippen molar-refractivity contribution in [1.82, 2.24) is 0 Å². The summed E-state index contributed by atoms with van der Waals surface area (Å²) in [6.45, 7) is 1.77. The monoisotopic (exact) mass is 388 g/mol. The third-order valence-corrected chi connectivity index (χ3v) is 6.13. The Morgan fingerprint density at radius 2 is 2.00 bits per heavy atom. The Labute approximate surface area is 140 Å². The second-order valence-electron chi connectivity index (χ2n) is 5.77. The molecule has 0 amide bonds. The molecule has 1 atom stereocenters. The molecule has 1 aromatic carbocycles. The molecule has 122 valence electrons. The van der Waals surface area contributed by atoms with E-state index in [1.807, 2.05) is 0 Å². The molecule has 0 aromatic heterocycles. The molecule has 6 heteroatoms. The lowest BCUT2D eigenvalue weighted by atomic mass is 9.94. The van der Waals surface area contributed by atoms with Gasteiger partial charge in [-0.25, -0.2) is 8.42 Å². The number of hydrogen-bond acceptors (Lipinski definition) is 4. The van der Waals surface area contributed by atoms with Gasteiger partial charge in [-0.1, -0.05) is 25.8 Å². The minimum atomic E-state index is -3.28. The zero-order valence-electron chi connectivity index (χ0n) is 12.8. The van der Waals surface area contributed by atoms with Gasteiger partial charge in [0, 0.05) is 23.1 Å². The number of hydrogen-bond donors (Lipinski definition) is 0. The minimum absolute atomic E-state index is 0.222. The second-order valence-corrected chi connectivity index (χ2v) is 8.61. The standard InChI is InChI=1S/C16H21BrO4S/c1-3-15(18)21-16(11-6-4-5-7-11)12-8-9-14(13(17)10-12)22(2,19)20/h8-11,16H,3-7H2,1-2H3. The Morgan fingerprint density at radius 1 is 1.36 bits per heavy atom. The quantitative estimate of drug-likeness (QED) is 0.714. The van der Waals surface area contributed by atoms with E-state index in [1.165, 1.54) is 6.26 Å². The van der Waals surface area contributed by atoms with Gasteiger partial charge in [-0.3, -0.25) is 4.79 Å². The van der Waals surface area contributed by atoms with Gasteiger partial charge < -0.3 is 4.74 Å². The Hall–Kier alpha value is -0.880. The van der Waals surface area contributed by atoms with Gasteiger partial charge in [-0.05, 0) is 46.5 Å². The summed E-state index contributed by atoms with van der Waals surface area (Å²) in [6, 6.07) is 5.10. The molecule has 0 saturated heterocycles. The van der Waals surface area contributed by atoms with Crippen molar-refractivity contribution in [3.63, 3.8) is 0 Å². The van der Waals surface area contributed by atoms with Crippen molar-refractivity contribution in [2.75, 3.05) is 6.26 Å². The number of benzene rings is 1. The Balaban J connectivity index is 2.34. The lowest BCUT2D eigenvalue weighted by Crippen LogP contribution is -2.18. The summed E-state index contributed by atoms with van der Waals surface area (Å²) < 4.78 is 29.6. The number of halogens is 1. The molecule has 1 saturated carbocycles. The maximum absolute atomic E-state index is 11.7. The lowest BCUT2D eigenvalue weighted by Gasteiger charge is -2.24. The van der Waals surface area contributed by atoms with E-state index in [-0.39, 0.29) is 17.0 Å². The van der Waals surface area contributed by atoms with Gasteiger partial charge in [0.1, 0.15) is 6.10 Å². The third-order valence-electron chi connectivity index (χ3n) is 4.06. The first kappa shape index (κ1) is 17.5. The predicted octanol–water partition coefficient (Wildman–Crippen LogP) is 4.04. The summed E-state index contributed by atoms with van der Waals surface area (Å²) in [7, 11) is -3.28. The fraction of sp³-hybridized carbons (Fsp3) is 0.562. The molecule has 0 radical (unpaired) electrons. The zero-order valence-corrected chi connectivity index (χ0v) is 15.2. The Bertz CT molecular complexity index is 648. The summed E-state index contributed by atoms with van der Waals surface area (Å²) in [5.74, 6) is 0.0895. The average Bonchev–Trinajstić information content (AvgIpc) is 2.96. The summed E-state index contributed by atoms with van der Waals surface area (Å²) in [4.78, 5) is 12.0. The molecular formula is C16H21BrO4S. The number of rotatable bonds is 5. The van der Waals surface area contributed by atoms with Gasteiger partial charge in [0.05, 0.1) is 4.90 Å². The van der Waals surface area contributed by atoms with E-state index in [1.54, 1.807) is 25.1 Å². The highest BCUT2D eigenvalue weighted by atomic mass is 79.9. The molecule has 4 nitrogen and oxygen atoms in total. The molecule has 1 aliphatic carbocycles. The highest BCUT2D eigenvalue weighted by molar-refractivity contribution is 9.10. The first-order valence-corrected chi connectivity index (χ1v) is 10.2. The molecule has 2 rings (SSSR count). The van der Waals surface area contributed by atoms with E-state index >= 15 is 0 Å². The molecule has 1 aliphatic rings. The number of carbonyl (C=O) groups is 1. The fourth-order valence-electron chi connectivity index (χ4n) is 2.92. The molecule has 22 heavy (non-hydrogen) atoms. The van der Waals surface area contributed by atoms with Crippen molar-refractivity contribution in [3.8, 4) is 0 Å². The molecule has 1 aromatic rings. The average molecular weight is 389 g/mol. The second kappa shape index (κ2) is 7.13. The highest BCUT2D eigenvalue weighted by Crippen LogP contribution is 2.39. The normalized spacial score (nSPS) is 17.4. The van der Waals surface area contributed by atoms with Gasteiger partial charge in [0.15, 0.2) is 9.84 Å². The van der Waals surface area contributed by atoms with Gasteiger partial charge in [0.2, 0.25) is 0 Å². The van der Waals surface area contributed by atoms with Crippen LogP contribution in [0.1, 0.15) is 50.7 Å². The first-order valence-electron chi connectivity index (χ1n) is 7.52. The lowest BCUT2D eigenvalue weighted by molar-refractivity contribution is -0.152. The van der Waals surface area contributed by atoms with Crippen molar-refractivity contribution < 1.29 is 17.9 Å². The van der Waals surface area contributed by atoms with Crippen LogP contribution >= 0.6 is 15.9 Å². The van der Waals surface area contributed by atoms with Crippen molar-refractivity contribution >= 4 is 31.7 Å². The van der Waals surface area contributed by atoms with Crippen LogP contribution in [0.5, 0.6) is 0 Å². The van der Waals surface area contributed by atoms with Crippen LogP contribution in [0.15, 0.2) is 27.6 Å². The largest absolute Gasteiger partial charge is 0.457 e. The van der Waals surface area contributed by atoms with Crippen LogP contribution in [-0.4, -0.2) is 20.6 Å². The van der Waals surface area contributed by atoms with Crippen molar-refractivity contribution in [2.45, 2.75) is 50.0 Å². The van der Waals surface area contributed by atoms with Crippen LogP contribution in [0.4, 0.5) is 0 Å². The zero-order chi connectivity index (χ0) is 16.3. The van der Waals surface area contributed by atoms with E-state index in [0.717, 1.165) is 31.2 Å². The Kier molecular flexibility index (Phi) is 5.66. The van der Waals surface area contributed by atoms with Gasteiger partial charge in [0.25, 0.3) is 0 Å². The summed E-state index contributed by atoms with van der Waals surface area (Å²) in [5.41, 5.74) is 0.855. The first-order chi connectivity index (χ1) is 10.3. The van der Waals surface area contributed by atoms with Gasteiger partial charge in [-0.2, -0.15) is 0 Å². The van der Waals surface area contributed by atoms with Crippen LogP contribution in [0.25, 0.3) is 0 Å². The fourth-order valence-corrected chi connectivity index (χ4v) is 4.92. The van der Waals surface area contributed by atoms with E-state index in [0.29, 0.717) is 16.8 Å². The maximum atomic E-state index is 11.7. The van der Waals surface area contributed by atoms with Crippen LogP contribution in [0, 0.1) is 5.92 Å². The SMILES string of the molecule is CCC(=O)OC(c1ccc(S(C)(=O)=O)c(Br)c1)C1CCCC1. The van der Waals surface area contributed by atoms with Crippen molar-refractivity contribution in [1.29, 1.82) is 0 Å². The van der Waals surface area contributed by atoms with E-state index in [9.17, 15) is 13.2 Å². The van der Waals surface area contributed by atoms with Gasteiger partial charge in [-0.15, -0.1) is 0 Å². The maximum Gasteiger partial charge on any atom is 0.306 e. The number of esters is 1. The molecule has 1 unspecified atom stereocenters. The van der Waals surface area contributed by atoms with Crippen LogP contribution in [-0.2, 0) is 19.4 Å². The summed E-state index contributed by atoms with van der Waals surface area (Å²) in [5, 5.41) is 0. The molecule has 0 spiro atoms. The molecule has 0 heterocycles. The molecule has 0 bridgehead atoms. The Morgan fingerprint density at radius 3 is 2.50 bits per heavy atom. The van der Waals surface area contributed by atoms with Crippen molar-refractivity contribution in [2.24, 2.45) is 5.92 Å². The number of sulfone groups is 1. The molecular weight excluding hydrogens is 368 g/mol. The molecule has 0 N–H and O–H groups in total. The highest BCUT2D eigenvalue weighted by Gasteiger charge is 2.30. The summed E-state index contributed by atoms with van der Waals surface area (Å²) >= 11 is 3.32. The summed E-state index contributed by atoms with van der Waals surface area (Å²) in [6.07, 6.45) is 5.59. The molecule has 0 aliphatic heterocycles. The van der Waals surface area contributed by atoms with E-state index in [2.05, 4.69) is 15.9 Å². The van der Waals surface area contributed by atoms with Gasteiger partial charge >= 0.3 is 5.97 Å². The van der Waals surface area contributed by atoms with Crippen LogP contribution in [0.3, 0.4) is 0 Å². The van der Waals surface area contributed by atoms with Crippen LogP contribution < -0.4 is 0 Å².